The lowest BCUT2D eigenvalue weighted by Gasteiger charge is -2.29. The lowest BCUT2D eigenvalue weighted by atomic mass is 9.82. The molecule has 1 aromatic carbocycles. The predicted molar refractivity (Wildman–Crippen MR) is 154 cm³/mol. The van der Waals surface area contributed by atoms with Crippen molar-refractivity contribution in [2.45, 2.75) is 64.0 Å². The highest BCUT2D eigenvalue weighted by atomic mass is 35.5. The van der Waals surface area contributed by atoms with E-state index in [9.17, 15) is 18.8 Å². The van der Waals surface area contributed by atoms with Crippen LogP contribution in [0.5, 0.6) is 0 Å². The molecule has 5 rings (SSSR count). The third-order valence-electron chi connectivity index (χ3n) is 7.91. The molecule has 0 saturated heterocycles. The van der Waals surface area contributed by atoms with Gasteiger partial charge in [-0.25, -0.2) is 14.2 Å². The number of aromatic nitrogens is 2. The Balaban J connectivity index is 1.52. The number of hydrogen-bond donors (Lipinski definition) is 5. The van der Waals surface area contributed by atoms with E-state index in [4.69, 9.17) is 16.6 Å². The number of nitrogens with one attached hydrogen (secondary N) is 5. The van der Waals surface area contributed by atoms with Crippen molar-refractivity contribution in [1.82, 2.24) is 20.6 Å². The second-order valence-corrected chi connectivity index (χ2v) is 11.3. The number of amides is 3. The van der Waals surface area contributed by atoms with Gasteiger partial charge >= 0.3 is 6.09 Å². The second kappa shape index (κ2) is 12.3. The largest absolute Gasteiger partial charge is 0.453 e. The highest BCUT2D eigenvalue weighted by Crippen LogP contribution is 2.37. The summed E-state index contributed by atoms with van der Waals surface area (Å²) in [4.78, 5) is 46.0. The molecule has 12 heteroatoms. The Kier molecular flexibility index (Phi) is 8.63. The summed E-state index contributed by atoms with van der Waals surface area (Å²) in [5.41, 5.74) is 1.93. The van der Waals surface area contributed by atoms with E-state index in [1.54, 1.807) is 24.3 Å². The highest BCUT2D eigenvalue weighted by Gasteiger charge is 2.31. The molecule has 0 radical (unpaired) electrons. The Labute approximate surface area is 242 Å². The number of dihydropyridines is 1. The molecule has 0 spiro atoms. The van der Waals surface area contributed by atoms with Gasteiger partial charge in [0, 0.05) is 35.3 Å². The molecule has 41 heavy (non-hydrogen) atoms. The molecular formula is C29H34ClFN6O4. The fourth-order valence-corrected chi connectivity index (χ4v) is 5.78. The normalized spacial score (nSPS) is 24.3. The minimum atomic E-state index is -0.670. The van der Waals surface area contributed by atoms with Gasteiger partial charge in [-0.2, -0.15) is 0 Å². The van der Waals surface area contributed by atoms with E-state index >= 15 is 0 Å². The number of aromatic amines is 1. The van der Waals surface area contributed by atoms with Crippen molar-refractivity contribution >= 4 is 40.9 Å². The highest BCUT2D eigenvalue weighted by molar-refractivity contribution is 6.32. The SMILES string of the molecule is COC(=O)Nc1ccc2c(c1)NC(=O)CCC1=C(F)C=CC(CC(NC(=O)[C@H]3CC[C@H](C)CC3)c3nc-2c(Cl)[nH]3)N1. The van der Waals surface area contributed by atoms with E-state index in [1.807, 2.05) is 0 Å². The molecule has 4 bridgehead atoms. The van der Waals surface area contributed by atoms with Gasteiger partial charge in [-0.05, 0) is 68.7 Å². The molecule has 1 aromatic heterocycles. The molecule has 5 N–H and O–H groups in total. The number of carbonyl (C=O) groups excluding carboxylic acids is 3. The van der Waals surface area contributed by atoms with Gasteiger partial charge in [-0.3, -0.25) is 14.9 Å². The first-order chi connectivity index (χ1) is 19.7. The average molecular weight is 585 g/mol. The number of benzene rings is 1. The standard InChI is InChI=1S/C29H34ClFN6O4/c1-15-3-5-16(6-4-15)28(39)35-23-14-17-8-10-20(31)21(32-17)11-12-24(38)34-22-13-18(33-29(40)41-2)7-9-19(22)25-26(30)37-27(23)36-25/h7-10,13,15-17,23,32H,3-6,11-12,14H2,1-2H3,(H,33,40)(H,34,38)(H,35,39)(H,36,37)/t15-,16-,17?,23?. The maximum atomic E-state index is 14.7. The lowest BCUT2D eigenvalue weighted by Crippen LogP contribution is -2.40. The molecule has 1 saturated carbocycles. The van der Waals surface area contributed by atoms with Crippen LogP contribution in [0.4, 0.5) is 20.6 Å². The molecule has 2 aromatic rings. The number of methoxy groups -OCH3 is 1. The number of nitrogens with zero attached hydrogens (tertiary/aromatic N) is 1. The van der Waals surface area contributed by atoms with Crippen LogP contribution in [-0.2, 0) is 14.3 Å². The monoisotopic (exact) mass is 584 g/mol. The zero-order valence-corrected chi connectivity index (χ0v) is 23.7. The van der Waals surface area contributed by atoms with Crippen molar-refractivity contribution in [3.63, 3.8) is 0 Å². The summed E-state index contributed by atoms with van der Waals surface area (Å²) in [6, 6.07) is 4.04. The van der Waals surface area contributed by atoms with Crippen LogP contribution in [0.25, 0.3) is 11.3 Å². The van der Waals surface area contributed by atoms with Crippen LogP contribution in [0.1, 0.15) is 63.7 Å². The maximum absolute atomic E-state index is 14.7. The van der Waals surface area contributed by atoms with E-state index in [1.165, 1.54) is 13.2 Å². The van der Waals surface area contributed by atoms with E-state index < -0.39 is 18.0 Å². The first-order valence-corrected chi connectivity index (χ1v) is 14.3. The zero-order chi connectivity index (χ0) is 29.1. The molecule has 3 aliphatic rings. The van der Waals surface area contributed by atoms with Crippen molar-refractivity contribution in [3.8, 4) is 11.3 Å². The Morgan fingerprint density at radius 3 is 2.71 bits per heavy atom. The number of rotatable bonds is 3. The minimum absolute atomic E-state index is 0.00419. The van der Waals surface area contributed by atoms with Crippen molar-refractivity contribution < 1.29 is 23.5 Å². The van der Waals surface area contributed by atoms with Gasteiger partial charge in [0.1, 0.15) is 22.5 Å². The van der Waals surface area contributed by atoms with Crippen LogP contribution in [-0.4, -0.2) is 41.0 Å². The Morgan fingerprint density at radius 1 is 1.17 bits per heavy atom. The predicted octanol–water partition coefficient (Wildman–Crippen LogP) is 5.72. The van der Waals surface area contributed by atoms with E-state index in [0.29, 0.717) is 46.5 Å². The number of allylic oxidation sites excluding steroid dienone is 3. The molecule has 2 atom stereocenters. The summed E-state index contributed by atoms with van der Waals surface area (Å²) in [5.74, 6) is 0.145. The molecular weight excluding hydrogens is 551 g/mol. The third-order valence-corrected chi connectivity index (χ3v) is 8.18. The van der Waals surface area contributed by atoms with Gasteiger partial charge in [0.2, 0.25) is 11.8 Å². The van der Waals surface area contributed by atoms with Gasteiger partial charge in [0.15, 0.2) is 0 Å². The van der Waals surface area contributed by atoms with Crippen LogP contribution in [0.2, 0.25) is 5.15 Å². The molecule has 10 nitrogen and oxygen atoms in total. The first kappa shape index (κ1) is 28.7. The topological polar surface area (TPSA) is 137 Å². The van der Waals surface area contributed by atoms with Gasteiger partial charge in [0.05, 0.1) is 18.8 Å². The van der Waals surface area contributed by atoms with Crippen LogP contribution in [0, 0.1) is 11.8 Å². The molecule has 2 unspecified atom stereocenters. The number of carbonyl (C=O) groups is 3. The van der Waals surface area contributed by atoms with Crippen molar-refractivity contribution in [2.24, 2.45) is 11.8 Å². The number of imidazole rings is 1. The molecule has 1 fully saturated rings. The van der Waals surface area contributed by atoms with E-state index in [-0.39, 0.29) is 41.8 Å². The lowest BCUT2D eigenvalue weighted by molar-refractivity contribution is -0.127. The molecule has 1 aliphatic carbocycles. The summed E-state index contributed by atoms with van der Waals surface area (Å²) in [6.45, 7) is 2.21. The number of halogens is 2. The fraction of sp³-hybridized carbons (Fsp3) is 0.448. The van der Waals surface area contributed by atoms with Gasteiger partial charge in [-0.1, -0.05) is 24.6 Å². The van der Waals surface area contributed by atoms with Crippen molar-refractivity contribution in [3.05, 3.63) is 52.9 Å². The van der Waals surface area contributed by atoms with Gasteiger partial charge in [-0.15, -0.1) is 0 Å². The summed E-state index contributed by atoms with van der Waals surface area (Å²) in [5, 5.41) is 12.0. The summed E-state index contributed by atoms with van der Waals surface area (Å²) in [7, 11) is 1.25. The maximum Gasteiger partial charge on any atom is 0.411 e. The van der Waals surface area contributed by atoms with Crippen LogP contribution >= 0.6 is 11.6 Å². The Morgan fingerprint density at radius 2 is 1.95 bits per heavy atom. The Hall–Kier alpha value is -3.86. The quantitative estimate of drug-likeness (QED) is 0.313. The average Bonchev–Trinajstić information content (AvgIpc) is 3.34. The van der Waals surface area contributed by atoms with Gasteiger partial charge < -0.3 is 25.7 Å². The van der Waals surface area contributed by atoms with Gasteiger partial charge in [0.25, 0.3) is 0 Å². The summed E-state index contributed by atoms with van der Waals surface area (Å²) >= 11 is 6.66. The minimum Gasteiger partial charge on any atom is -0.453 e. The zero-order valence-electron chi connectivity index (χ0n) is 23.0. The number of ether oxygens (including phenoxy) is 1. The molecule has 3 heterocycles. The van der Waals surface area contributed by atoms with E-state index in [2.05, 4.69) is 37.9 Å². The Bertz CT molecular complexity index is 1400. The smallest absolute Gasteiger partial charge is 0.411 e. The first-order valence-electron chi connectivity index (χ1n) is 13.9. The van der Waals surface area contributed by atoms with Crippen LogP contribution in [0.3, 0.4) is 0 Å². The molecule has 2 aliphatic heterocycles. The number of fused-ring (bicyclic) bond motifs is 6. The fourth-order valence-electron chi connectivity index (χ4n) is 5.54. The van der Waals surface area contributed by atoms with Crippen molar-refractivity contribution in [1.29, 1.82) is 0 Å². The summed E-state index contributed by atoms with van der Waals surface area (Å²) < 4.78 is 19.4. The molecule has 3 amide bonds. The second-order valence-electron chi connectivity index (χ2n) is 10.9. The summed E-state index contributed by atoms with van der Waals surface area (Å²) in [6.07, 6.45) is 6.65. The third kappa shape index (κ3) is 6.73. The number of anilines is 2. The van der Waals surface area contributed by atoms with Crippen LogP contribution < -0.4 is 21.3 Å². The van der Waals surface area contributed by atoms with E-state index in [0.717, 1.165) is 25.7 Å². The molecule has 218 valence electrons. The van der Waals surface area contributed by atoms with Crippen LogP contribution in [0.15, 0.2) is 41.9 Å². The number of H-pyrrole nitrogens is 1. The van der Waals surface area contributed by atoms with Crippen molar-refractivity contribution in [2.75, 3.05) is 17.7 Å². The number of hydrogen-bond acceptors (Lipinski definition) is 6.